The Labute approximate surface area is 269 Å². The van der Waals surface area contributed by atoms with Crippen molar-refractivity contribution in [1.82, 2.24) is 19.9 Å². The molecule has 4 aromatic rings. The molecule has 0 atom stereocenters. The highest BCUT2D eigenvalue weighted by atomic mass is 19.4. The minimum Gasteiger partial charge on any atom is -0.490 e. The molecule has 2 aromatic carbocycles. The Bertz CT molecular complexity index is 1740. The van der Waals surface area contributed by atoms with E-state index in [4.69, 9.17) is 14.2 Å². The molecule has 1 N–H and O–H groups in total. The molecule has 0 saturated carbocycles. The number of hydrogen-bond acceptors (Lipinski definition) is 8. The molecular formula is C34H34F3N5O5. The molecule has 0 bridgehead atoms. The highest BCUT2D eigenvalue weighted by Crippen LogP contribution is 2.36. The number of benzene rings is 2. The largest absolute Gasteiger partial charge is 0.490 e. The minimum atomic E-state index is -4.69. The number of nitrogens with zero attached hydrogens (tertiary/aromatic N) is 4. The molecule has 5 rings (SSSR count). The molecule has 3 heterocycles. The molecule has 2 aromatic heterocycles. The zero-order valence-electron chi connectivity index (χ0n) is 26.3. The fraction of sp³-hybridized carbons (Fsp3) is 0.324. The van der Waals surface area contributed by atoms with Crippen LogP contribution in [0, 0.1) is 6.92 Å². The normalized spacial score (nSPS) is 14.0. The second kappa shape index (κ2) is 13.7. The van der Waals surface area contributed by atoms with Crippen molar-refractivity contribution in [3.8, 4) is 28.6 Å². The number of halogens is 3. The van der Waals surface area contributed by atoms with Crippen molar-refractivity contribution in [3.63, 3.8) is 0 Å². The monoisotopic (exact) mass is 649 g/mol. The van der Waals surface area contributed by atoms with Crippen molar-refractivity contribution in [2.75, 3.05) is 18.4 Å². The van der Waals surface area contributed by atoms with Crippen molar-refractivity contribution in [2.45, 2.75) is 58.4 Å². The molecule has 1 aliphatic rings. The van der Waals surface area contributed by atoms with Gasteiger partial charge in [0.05, 0.1) is 16.8 Å². The van der Waals surface area contributed by atoms with Crippen molar-refractivity contribution >= 4 is 17.7 Å². The number of aryl methyl sites for hydroxylation is 1. The van der Waals surface area contributed by atoms with Gasteiger partial charge in [-0.1, -0.05) is 6.07 Å². The van der Waals surface area contributed by atoms with Crippen LogP contribution in [0.25, 0.3) is 11.3 Å². The summed E-state index contributed by atoms with van der Waals surface area (Å²) < 4.78 is 59.0. The van der Waals surface area contributed by atoms with Crippen molar-refractivity contribution in [1.29, 1.82) is 0 Å². The van der Waals surface area contributed by atoms with E-state index in [1.165, 1.54) is 18.5 Å². The van der Waals surface area contributed by atoms with E-state index >= 15 is 0 Å². The number of anilines is 1. The quantitative estimate of drug-likeness (QED) is 0.217. The van der Waals surface area contributed by atoms with Gasteiger partial charge >= 0.3 is 12.3 Å². The van der Waals surface area contributed by atoms with Crippen LogP contribution in [0.4, 0.5) is 23.7 Å². The topological polar surface area (TPSA) is 116 Å². The van der Waals surface area contributed by atoms with Crippen LogP contribution >= 0.6 is 0 Å². The van der Waals surface area contributed by atoms with Crippen molar-refractivity contribution in [3.05, 3.63) is 90.0 Å². The zero-order chi connectivity index (χ0) is 33.8. The summed E-state index contributed by atoms with van der Waals surface area (Å²) in [4.78, 5) is 39.7. The number of pyridine rings is 1. The van der Waals surface area contributed by atoms with Gasteiger partial charge < -0.3 is 24.4 Å². The SMILES string of the molecule is Cc1ccc(C(=O)Nc2cc(OC3CCN(C(=O)OC(C)(C)C)CC3)cc(C(F)(F)F)c2)cc1Oc1ncccc1-c1ccncn1. The Morgan fingerprint density at radius 1 is 0.957 bits per heavy atom. The van der Waals surface area contributed by atoms with E-state index in [1.807, 2.05) is 0 Å². The zero-order valence-corrected chi connectivity index (χ0v) is 26.3. The van der Waals surface area contributed by atoms with Crippen LogP contribution in [-0.4, -0.2) is 56.6 Å². The first-order chi connectivity index (χ1) is 22.2. The summed E-state index contributed by atoms with van der Waals surface area (Å²) in [5, 5.41) is 2.56. The number of nitrogens with one attached hydrogen (secondary N) is 1. The summed E-state index contributed by atoms with van der Waals surface area (Å²) in [5.74, 6) is -0.116. The smallest absolute Gasteiger partial charge is 0.416 e. The van der Waals surface area contributed by atoms with E-state index in [0.717, 1.165) is 12.1 Å². The fourth-order valence-electron chi connectivity index (χ4n) is 4.85. The molecule has 1 aliphatic heterocycles. The summed E-state index contributed by atoms with van der Waals surface area (Å²) in [5.41, 5.74) is 0.341. The van der Waals surface area contributed by atoms with Crippen LogP contribution in [-0.2, 0) is 10.9 Å². The van der Waals surface area contributed by atoms with Gasteiger partial charge in [0.15, 0.2) is 0 Å². The average Bonchev–Trinajstić information content (AvgIpc) is 3.02. The molecule has 0 aliphatic carbocycles. The minimum absolute atomic E-state index is 0.0498. The lowest BCUT2D eigenvalue weighted by molar-refractivity contribution is -0.137. The van der Waals surface area contributed by atoms with E-state index in [-0.39, 0.29) is 22.9 Å². The van der Waals surface area contributed by atoms with Gasteiger partial charge in [0.25, 0.3) is 5.91 Å². The van der Waals surface area contributed by atoms with Gasteiger partial charge in [-0.05, 0) is 75.7 Å². The molecule has 1 saturated heterocycles. The van der Waals surface area contributed by atoms with E-state index in [0.29, 0.717) is 48.5 Å². The third kappa shape index (κ3) is 8.75. The number of ether oxygens (including phenoxy) is 3. The molecule has 0 spiro atoms. The predicted octanol–water partition coefficient (Wildman–Crippen LogP) is 7.69. The number of aromatic nitrogens is 3. The molecule has 246 valence electrons. The summed E-state index contributed by atoms with van der Waals surface area (Å²) in [7, 11) is 0. The maximum absolute atomic E-state index is 13.9. The lowest BCUT2D eigenvalue weighted by Crippen LogP contribution is -2.44. The Balaban J connectivity index is 1.31. The lowest BCUT2D eigenvalue weighted by Gasteiger charge is -2.33. The Morgan fingerprint density at radius 3 is 2.40 bits per heavy atom. The second-order valence-corrected chi connectivity index (χ2v) is 12.0. The van der Waals surface area contributed by atoms with Gasteiger partial charge in [-0.3, -0.25) is 4.79 Å². The van der Waals surface area contributed by atoms with Gasteiger partial charge in [-0.15, -0.1) is 0 Å². The third-order valence-electron chi connectivity index (χ3n) is 7.17. The molecule has 1 fully saturated rings. The summed E-state index contributed by atoms with van der Waals surface area (Å²) in [6.45, 7) is 7.78. The second-order valence-electron chi connectivity index (χ2n) is 12.0. The number of carbonyl (C=O) groups is 2. The van der Waals surface area contributed by atoms with E-state index < -0.39 is 35.4 Å². The molecule has 0 unspecified atom stereocenters. The number of hydrogen-bond donors (Lipinski definition) is 1. The van der Waals surface area contributed by atoms with E-state index in [1.54, 1.807) is 75.3 Å². The van der Waals surface area contributed by atoms with Gasteiger partial charge in [0, 0.05) is 55.6 Å². The molecule has 13 heteroatoms. The first kappa shape index (κ1) is 33.2. The first-order valence-corrected chi connectivity index (χ1v) is 14.9. The van der Waals surface area contributed by atoms with Crippen LogP contribution in [0.2, 0.25) is 0 Å². The summed E-state index contributed by atoms with van der Waals surface area (Å²) in [6.07, 6.45) is -0.210. The maximum atomic E-state index is 13.9. The van der Waals surface area contributed by atoms with Crippen molar-refractivity contribution < 1.29 is 37.0 Å². The number of piperidine rings is 1. The number of alkyl halides is 3. The lowest BCUT2D eigenvalue weighted by atomic mass is 10.1. The van der Waals surface area contributed by atoms with Crippen LogP contribution < -0.4 is 14.8 Å². The fourth-order valence-corrected chi connectivity index (χ4v) is 4.85. The van der Waals surface area contributed by atoms with Gasteiger partial charge in [-0.2, -0.15) is 13.2 Å². The molecule has 0 radical (unpaired) electrons. The Morgan fingerprint density at radius 2 is 1.72 bits per heavy atom. The first-order valence-electron chi connectivity index (χ1n) is 14.9. The highest BCUT2D eigenvalue weighted by molar-refractivity contribution is 6.04. The van der Waals surface area contributed by atoms with Crippen LogP contribution in [0.5, 0.6) is 17.4 Å². The van der Waals surface area contributed by atoms with Crippen molar-refractivity contribution in [2.24, 2.45) is 0 Å². The third-order valence-corrected chi connectivity index (χ3v) is 7.17. The highest BCUT2D eigenvalue weighted by Gasteiger charge is 2.33. The number of amides is 2. The average molecular weight is 650 g/mol. The van der Waals surface area contributed by atoms with Gasteiger partial charge in [-0.25, -0.2) is 19.7 Å². The summed E-state index contributed by atoms with van der Waals surface area (Å²) in [6, 6.07) is 13.0. The van der Waals surface area contributed by atoms with E-state index in [9.17, 15) is 22.8 Å². The van der Waals surface area contributed by atoms with Gasteiger partial charge in [0.1, 0.15) is 29.5 Å². The van der Waals surface area contributed by atoms with Crippen LogP contribution in [0.1, 0.15) is 55.1 Å². The van der Waals surface area contributed by atoms with E-state index in [2.05, 4.69) is 20.3 Å². The molecule has 2 amide bonds. The number of rotatable bonds is 7. The van der Waals surface area contributed by atoms with Crippen LogP contribution in [0.15, 0.2) is 73.3 Å². The number of carbonyl (C=O) groups excluding carboxylic acids is 2. The van der Waals surface area contributed by atoms with Gasteiger partial charge in [0.2, 0.25) is 5.88 Å². The Hall–Kier alpha value is -5.20. The molecule has 47 heavy (non-hydrogen) atoms. The molecule has 10 nitrogen and oxygen atoms in total. The molecular weight excluding hydrogens is 615 g/mol. The van der Waals surface area contributed by atoms with Crippen LogP contribution in [0.3, 0.4) is 0 Å². The standard InChI is InChI=1S/C34H34F3N5O5/c1-21-7-8-22(16-29(21)46-31-27(6-5-12-39-31)28-9-13-38-20-40-28)30(43)41-24-17-23(34(35,36)37)18-26(19-24)45-25-10-14-42(15-11-25)32(44)47-33(2,3)4/h5-9,12-13,16-20,25H,10-11,14-15H2,1-4H3,(H,41,43). The number of likely N-dealkylation sites (tertiary alicyclic amines) is 1. The summed E-state index contributed by atoms with van der Waals surface area (Å²) >= 11 is 0. The maximum Gasteiger partial charge on any atom is 0.416 e. The Kier molecular flexibility index (Phi) is 9.64. The predicted molar refractivity (Wildman–Crippen MR) is 167 cm³/mol.